The summed E-state index contributed by atoms with van der Waals surface area (Å²) in [4.78, 5) is 36.0. The van der Waals surface area contributed by atoms with Gasteiger partial charge in [-0.05, 0) is 73.0 Å². The first-order valence-corrected chi connectivity index (χ1v) is 14.1. The van der Waals surface area contributed by atoms with Crippen LogP contribution < -0.4 is 9.47 Å². The normalized spacial score (nSPS) is 11.4. The summed E-state index contributed by atoms with van der Waals surface area (Å²) in [5, 5.41) is 0. The van der Waals surface area contributed by atoms with Crippen LogP contribution in [-0.4, -0.2) is 64.2 Å². The summed E-state index contributed by atoms with van der Waals surface area (Å²) in [7, 11) is 0. The highest BCUT2D eigenvalue weighted by Gasteiger charge is 2.12. The van der Waals surface area contributed by atoms with Crippen molar-refractivity contribution in [3.05, 3.63) is 83.9 Å². The summed E-state index contributed by atoms with van der Waals surface area (Å²) in [6, 6.07) is 20.9. The molecule has 3 aromatic carbocycles. The highest BCUT2D eigenvalue weighted by molar-refractivity contribution is 5.91. The maximum atomic E-state index is 12.6. The molecule has 0 N–H and O–H groups in total. The molecule has 0 radical (unpaired) electrons. The molecular formula is C33H38O9. The van der Waals surface area contributed by atoms with Gasteiger partial charge < -0.3 is 28.4 Å². The Kier molecular flexibility index (Phi) is 13.5. The van der Waals surface area contributed by atoms with Gasteiger partial charge in [-0.2, -0.15) is 0 Å². The minimum Gasteiger partial charge on any atom is -0.491 e. The summed E-state index contributed by atoms with van der Waals surface area (Å²) in [5.41, 5.74) is 2.73. The van der Waals surface area contributed by atoms with Gasteiger partial charge in [0.15, 0.2) is 0 Å². The molecule has 0 saturated carbocycles. The molecule has 0 amide bonds. The van der Waals surface area contributed by atoms with Gasteiger partial charge >= 0.3 is 17.9 Å². The van der Waals surface area contributed by atoms with E-state index >= 15 is 0 Å². The van der Waals surface area contributed by atoms with Crippen molar-refractivity contribution in [3.8, 4) is 22.6 Å². The second-order valence-corrected chi connectivity index (χ2v) is 9.29. The van der Waals surface area contributed by atoms with Crippen molar-refractivity contribution >= 4 is 17.9 Å². The van der Waals surface area contributed by atoms with E-state index in [2.05, 4.69) is 0 Å². The molecule has 3 rings (SSSR count). The van der Waals surface area contributed by atoms with Crippen LogP contribution in [0.4, 0.5) is 0 Å². The molecule has 0 fully saturated rings. The number of carbonyl (C=O) groups is 3. The second kappa shape index (κ2) is 17.6. The topological polar surface area (TPSA) is 107 Å². The lowest BCUT2D eigenvalue weighted by Gasteiger charge is -2.10. The number of ether oxygens (including phenoxy) is 6. The number of hydrogen-bond acceptors (Lipinski definition) is 9. The summed E-state index contributed by atoms with van der Waals surface area (Å²) >= 11 is 0. The van der Waals surface area contributed by atoms with E-state index in [4.69, 9.17) is 28.4 Å². The fourth-order valence-corrected chi connectivity index (χ4v) is 3.63. The first-order valence-electron chi connectivity index (χ1n) is 14.1. The molecule has 0 spiro atoms. The van der Waals surface area contributed by atoms with Crippen molar-refractivity contribution in [2.24, 2.45) is 5.92 Å². The van der Waals surface area contributed by atoms with Gasteiger partial charge in [0.25, 0.3) is 0 Å². The van der Waals surface area contributed by atoms with Gasteiger partial charge in [-0.3, -0.25) is 4.79 Å². The Bertz CT molecular complexity index is 1250. The van der Waals surface area contributed by atoms with Crippen LogP contribution in [0.5, 0.6) is 11.5 Å². The Morgan fingerprint density at radius 1 is 0.595 bits per heavy atom. The maximum Gasteiger partial charge on any atom is 0.343 e. The van der Waals surface area contributed by atoms with E-state index in [9.17, 15) is 14.4 Å². The minimum atomic E-state index is -0.480. The zero-order chi connectivity index (χ0) is 30.2. The van der Waals surface area contributed by atoms with Gasteiger partial charge in [0, 0.05) is 0 Å². The molecule has 0 heterocycles. The number of carbonyl (C=O) groups excluding carboxylic acids is 3. The molecule has 0 aliphatic rings. The van der Waals surface area contributed by atoms with E-state index in [-0.39, 0.29) is 24.5 Å². The van der Waals surface area contributed by atoms with Crippen LogP contribution in [0.3, 0.4) is 0 Å². The Morgan fingerprint density at radius 3 is 1.69 bits per heavy atom. The molecule has 0 aliphatic carbocycles. The van der Waals surface area contributed by atoms with Crippen molar-refractivity contribution < 1.29 is 42.8 Å². The van der Waals surface area contributed by atoms with Gasteiger partial charge in [0.1, 0.15) is 24.7 Å². The average molecular weight is 579 g/mol. The lowest BCUT2D eigenvalue weighted by atomic mass is 10.0. The Labute approximate surface area is 246 Å². The minimum absolute atomic E-state index is 0.0972. The van der Waals surface area contributed by atoms with Crippen LogP contribution in [-0.2, 0) is 23.7 Å². The lowest BCUT2D eigenvalue weighted by molar-refractivity contribution is -0.149. The largest absolute Gasteiger partial charge is 0.491 e. The first kappa shape index (κ1) is 32.3. The molecule has 42 heavy (non-hydrogen) atoms. The van der Waals surface area contributed by atoms with Crippen molar-refractivity contribution in [1.29, 1.82) is 0 Å². The zero-order valence-electron chi connectivity index (χ0n) is 24.3. The van der Waals surface area contributed by atoms with Gasteiger partial charge in [-0.1, -0.05) is 38.1 Å². The van der Waals surface area contributed by atoms with Crippen molar-refractivity contribution in [2.75, 3.05) is 46.2 Å². The van der Waals surface area contributed by atoms with E-state index < -0.39 is 5.97 Å². The SMILES string of the molecule is CCOC(=O)c1ccc(-c2ccc(OC(=O)c3ccc(OCCOCCOCCOC(=O)C(C)CC)cc3)cc2)cc1. The summed E-state index contributed by atoms with van der Waals surface area (Å²) in [6.07, 6.45) is 0.752. The van der Waals surface area contributed by atoms with Gasteiger partial charge in [-0.15, -0.1) is 0 Å². The van der Waals surface area contributed by atoms with E-state index in [0.29, 0.717) is 62.3 Å². The molecule has 0 aliphatic heterocycles. The Hall–Kier alpha value is -4.21. The van der Waals surface area contributed by atoms with E-state index in [0.717, 1.165) is 17.5 Å². The number of rotatable bonds is 17. The number of benzene rings is 3. The molecule has 9 heteroatoms. The number of hydrogen-bond donors (Lipinski definition) is 0. The van der Waals surface area contributed by atoms with Crippen molar-refractivity contribution in [1.82, 2.24) is 0 Å². The molecule has 9 nitrogen and oxygen atoms in total. The summed E-state index contributed by atoms with van der Waals surface area (Å²) in [5.74, 6) is -0.115. The van der Waals surface area contributed by atoms with E-state index in [1.165, 1.54) is 0 Å². The van der Waals surface area contributed by atoms with Crippen LogP contribution in [0.15, 0.2) is 72.8 Å². The van der Waals surface area contributed by atoms with Crippen LogP contribution in [0.1, 0.15) is 47.9 Å². The molecule has 0 aromatic heterocycles. The predicted molar refractivity (Wildman–Crippen MR) is 157 cm³/mol. The maximum absolute atomic E-state index is 12.6. The summed E-state index contributed by atoms with van der Waals surface area (Å²) in [6.45, 7) is 7.95. The quantitative estimate of drug-likeness (QED) is 0.112. The predicted octanol–water partition coefficient (Wildman–Crippen LogP) is 5.75. The van der Waals surface area contributed by atoms with Gasteiger partial charge in [0.2, 0.25) is 0 Å². The van der Waals surface area contributed by atoms with Crippen molar-refractivity contribution in [2.45, 2.75) is 27.2 Å². The van der Waals surface area contributed by atoms with Gasteiger partial charge in [-0.25, -0.2) is 9.59 Å². The second-order valence-electron chi connectivity index (χ2n) is 9.29. The fourth-order valence-electron chi connectivity index (χ4n) is 3.63. The van der Waals surface area contributed by atoms with Gasteiger partial charge in [0.05, 0.1) is 50.1 Å². The van der Waals surface area contributed by atoms with E-state index in [1.807, 2.05) is 38.1 Å². The molecule has 0 bridgehead atoms. The molecule has 224 valence electrons. The zero-order valence-corrected chi connectivity index (χ0v) is 24.3. The van der Waals surface area contributed by atoms with Crippen molar-refractivity contribution in [3.63, 3.8) is 0 Å². The number of esters is 3. The van der Waals surface area contributed by atoms with Crippen LogP contribution in [0.2, 0.25) is 0 Å². The third-order valence-corrected chi connectivity index (χ3v) is 6.24. The third kappa shape index (κ3) is 10.6. The summed E-state index contributed by atoms with van der Waals surface area (Å²) < 4.78 is 32.1. The highest BCUT2D eigenvalue weighted by atomic mass is 16.6. The standard InChI is InChI=1S/C33H38O9/c1-4-24(3)31(34)41-23-21-38-19-18-37-20-22-40-29-14-12-28(13-15-29)33(36)42-30-16-10-26(11-17-30)25-6-8-27(9-7-25)32(35)39-5-2/h6-17,24H,4-5,18-23H2,1-3H3. The average Bonchev–Trinajstić information content (AvgIpc) is 3.02. The molecular weight excluding hydrogens is 540 g/mol. The van der Waals surface area contributed by atoms with Crippen LogP contribution >= 0.6 is 0 Å². The Balaban J connectivity index is 1.32. The fraction of sp³-hybridized carbons (Fsp3) is 0.364. The molecule has 0 saturated heterocycles. The molecule has 1 unspecified atom stereocenters. The lowest BCUT2D eigenvalue weighted by Crippen LogP contribution is -2.18. The van der Waals surface area contributed by atoms with E-state index in [1.54, 1.807) is 55.5 Å². The first-order chi connectivity index (χ1) is 20.4. The van der Waals surface area contributed by atoms with Crippen LogP contribution in [0, 0.1) is 5.92 Å². The smallest absolute Gasteiger partial charge is 0.343 e. The molecule has 3 aromatic rings. The monoisotopic (exact) mass is 578 g/mol. The third-order valence-electron chi connectivity index (χ3n) is 6.24. The molecule has 1 atom stereocenters. The van der Waals surface area contributed by atoms with Crippen LogP contribution in [0.25, 0.3) is 11.1 Å². The Morgan fingerprint density at radius 2 is 1.10 bits per heavy atom. The highest BCUT2D eigenvalue weighted by Crippen LogP contribution is 2.24.